The van der Waals surface area contributed by atoms with E-state index in [1.807, 2.05) is 28.1 Å². The van der Waals surface area contributed by atoms with Gasteiger partial charge in [0, 0.05) is 0 Å². The van der Waals surface area contributed by atoms with E-state index >= 15 is 0 Å². The number of phosphoric acid groups is 2. The van der Waals surface area contributed by atoms with E-state index in [0.717, 1.165) is 0 Å². The highest BCUT2D eigenvalue weighted by atomic mass is 31.2. The summed E-state index contributed by atoms with van der Waals surface area (Å²) in [7, 11) is -2.76. The van der Waals surface area contributed by atoms with Gasteiger partial charge in [-0.2, -0.15) is 0 Å². The smallest absolute Gasteiger partial charge is 0.268 e. The topological polar surface area (TPSA) is 117 Å². The highest BCUT2D eigenvalue weighted by Gasteiger charge is 2.17. The average molecular weight is 432 g/mol. The highest BCUT2D eigenvalue weighted by Crippen LogP contribution is 2.41. The van der Waals surface area contributed by atoms with E-state index in [0.29, 0.717) is 43.1 Å². The summed E-state index contributed by atoms with van der Waals surface area (Å²) in [6.45, 7) is 5.86. The summed E-state index contributed by atoms with van der Waals surface area (Å²) in [5, 5.41) is 0. The maximum atomic E-state index is 11.8. The number of quaternary nitrogens is 1. The Kier molecular flexibility index (Phi) is 12.8. The van der Waals surface area contributed by atoms with Gasteiger partial charge in [-0.25, -0.2) is 0 Å². The minimum atomic E-state index is -4.32. The Balaban J connectivity index is 4.00. The van der Waals surface area contributed by atoms with Crippen LogP contribution < -0.4 is 9.79 Å². The minimum Gasteiger partial charge on any atom is -0.756 e. The molecule has 0 aliphatic heterocycles. The molecular weight excluding hydrogens is 396 g/mol. The molecule has 164 valence electrons. The monoisotopic (exact) mass is 432 g/mol. The first-order chi connectivity index (χ1) is 12.3. The number of rotatable bonds is 16. The van der Waals surface area contributed by atoms with Crippen LogP contribution in [-0.4, -0.2) is 57.6 Å². The lowest BCUT2D eigenvalue weighted by atomic mass is 10.1. The van der Waals surface area contributed by atoms with Crippen LogP contribution in [0.2, 0.25) is 0 Å². The lowest BCUT2D eigenvalue weighted by Crippen LogP contribution is -2.37. The molecule has 9 nitrogen and oxygen atoms in total. The number of unbranched alkanes of at least 4 members (excludes halogenated alkanes) is 1. The maximum absolute atomic E-state index is 11.8. The quantitative estimate of drug-likeness (QED) is 0.207. The molecule has 0 saturated carbocycles. The summed E-state index contributed by atoms with van der Waals surface area (Å²) in [5.41, 5.74) is 0. The fourth-order valence-electron chi connectivity index (χ4n) is 2.10. The lowest BCUT2D eigenvalue weighted by molar-refractivity contribution is -0.870. The van der Waals surface area contributed by atoms with Gasteiger partial charge in [-0.05, 0) is 33.1 Å². The molecule has 2 unspecified atom stereocenters. The lowest BCUT2D eigenvalue weighted by Gasteiger charge is -2.29. The summed E-state index contributed by atoms with van der Waals surface area (Å²) >= 11 is 0. The Morgan fingerprint density at radius 2 is 1.26 bits per heavy atom. The molecule has 0 aromatic heterocycles. The largest absolute Gasteiger partial charge is 0.756 e. The third kappa shape index (κ3) is 16.8. The van der Waals surface area contributed by atoms with Crippen LogP contribution in [0.4, 0.5) is 0 Å². The van der Waals surface area contributed by atoms with Crippen molar-refractivity contribution in [1.29, 1.82) is 0 Å². The molecule has 0 radical (unpaired) electrons. The van der Waals surface area contributed by atoms with Crippen molar-refractivity contribution in [1.82, 2.24) is 0 Å². The van der Waals surface area contributed by atoms with Gasteiger partial charge < -0.3 is 32.4 Å². The first-order valence-electron chi connectivity index (χ1n) is 9.35. The zero-order chi connectivity index (χ0) is 21.1. The van der Waals surface area contributed by atoms with Crippen LogP contribution in [0.15, 0.2) is 0 Å². The maximum Gasteiger partial charge on any atom is 0.268 e. The van der Waals surface area contributed by atoms with Crippen molar-refractivity contribution < 1.29 is 41.5 Å². The second kappa shape index (κ2) is 12.7. The molecule has 0 aliphatic rings. The summed E-state index contributed by atoms with van der Waals surface area (Å²) in [5.74, 6) is 0. The highest BCUT2D eigenvalue weighted by molar-refractivity contribution is 7.46. The van der Waals surface area contributed by atoms with E-state index in [-0.39, 0.29) is 13.2 Å². The third-order valence-electron chi connectivity index (χ3n) is 3.55. The molecule has 0 spiro atoms. The van der Waals surface area contributed by atoms with Crippen molar-refractivity contribution in [3.8, 4) is 0 Å². The molecular formula is C16H36NO8P2-. The van der Waals surface area contributed by atoms with Crippen LogP contribution >= 0.6 is 15.6 Å². The van der Waals surface area contributed by atoms with Gasteiger partial charge in [0.25, 0.3) is 15.6 Å². The molecule has 4 atom stereocenters. The van der Waals surface area contributed by atoms with Crippen LogP contribution in [0, 0.1) is 0 Å². The molecule has 0 aliphatic carbocycles. The van der Waals surface area contributed by atoms with Gasteiger partial charge in [0.15, 0.2) is 0 Å². The Bertz CT molecular complexity index is 497. The van der Waals surface area contributed by atoms with Gasteiger partial charge in [-0.1, -0.05) is 19.8 Å². The Hall–Kier alpha value is 0.180. The van der Waals surface area contributed by atoms with Crippen LogP contribution in [0.1, 0.15) is 52.9 Å². The predicted octanol–water partition coefficient (Wildman–Crippen LogP) is 2.44. The number of phosphoric ester groups is 2. The Morgan fingerprint density at radius 3 is 1.63 bits per heavy atom. The normalized spacial score (nSPS) is 19.3. The van der Waals surface area contributed by atoms with E-state index in [1.165, 1.54) is 0 Å². The van der Waals surface area contributed by atoms with E-state index < -0.39 is 27.9 Å². The van der Waals surface area contributed by atoms with E-state index in [1.54, 1.807) is 13.8 Å². The van der Waals surface area contributed by atoms with Crippen LogP contribution in [0.5, 0.6) is 0 Å². The first kappa shape index (κ1) is 27.2. The Morgan fingerprint density at radius 1 is 0.852 bits per heavy atom. The molecule has 0 bridgehead atoms. The Labute approximate surface area is 163 Å². The number of likely N-dealkylation sites (N-methyl/N-ethyl adjacent to an activating group) is 1. The van der Waals surface area contributed by atoms with Crippen molar-refractivity contribution in [2.75, 3.05) is 40.9 Å². The van der Waals surface area contributed by atoms with Gasteiger partial charge in [0.2, 0.25) is 0 Å². The summed E-state index contributed by atoms with van der Waals surface area (Å²) in [6, 6.07) is 0. The zero-order valence-electron chi connectivity index (χ0n) is 17.4. The number of nitrogens with zero attached hydrogens (tertiary/aromatic N) is 1. The molecule has 0 aromatic carbocycles. The van der Waals surface area contributed by atoms with Gasteiger partial charge in [0.05, 0.1) is 40.0 Å². The molecule has 27 heavy (non-hydrogen) atoms. The number of hydrogen-bond donors (Lipinski definition) is 0. The average Bonchev–Trinajstić information content (AvgIpc) is 2.47. The fourth-order valence-corrected chi connectivity index (χ4v) is 4.03. The standard InChI is InChI=1S/C16H37NO8P2/c1-7-13-22-26(18,19)24-15(2)10-8-9-11-16(3)25-27(20,21)23-14-12-17(4,5)6/h15-16H,7-14H2,1-6H3,(H-,18,19,20,21)/p-1/t15-,16+/m0/s1. The molecule has 11 heteroatoms. The molecule has 0 fully saturated rings. The second-order valence-electron chi connectivity index (χ2n) is 7.69. The summed E-state index contributed by atoms with van der Waals surface area (Å²) < 4.78 is 43.4. The van der Waals surface area contributed by atoms with Crippen LogP contribution in [-0.2, 0) is 27.2 Å². The second-order valence-corrected chi connectivity index (χ2v) is 10.4. The van der Waals surface area contributed by atoms with Gasteiger partial charge >= 0.3 is 0 Å². The van der Waals surface area contributed by atoms with Gasteiger partial charge in [-0.3, -0.25) is 9.13 Å². The van der Waals surface area contributed by atoms with Gasteiger partial charge in [-0.15, -0.1) is 0 Å². The van der Waals surface area contributed by atoms with E-state index in [9.17, 15) is 18.9 Å². The molecule has 0 saturated heterocycles. The fraction of sp³-hybridized carbons (Fsp3) is 1.00. The van der Waals surface area contributed by atoms with Crippen molar-refractivity contribution in [2.24, 2.45) is 0 Å². The number of hydrogen-bond acceptors (Lipinski definition) is 8. The van der Waals surface area contributed by atoms with Crippen LogP contribution in [0.3, 0.4) is 0 Å². The van der Waals surface area contributed by atoms with Crippen molar-refractivity contribution in [2.45, 2.75) is 65.1 Å². The van der Waals surface area contributed by atoms with Crippen molar-refractivity contribution >= 4 is 15.6 Å². The molecule has 0 aromatic rings. The molecule has 0 N–H and O–H groups in total. The third-order valence-corrected chi connectivity index (χ3v) is 5.79. The van der Waals surface area contributed by atoms with E-state index in [4.69, 9.17) is 13.6 Å². The minimum absolute atomic E-state index is 0.0706. The summed E-state index contributed by atoms with van der Waals surface area (Å²) in [4.78, 5) is 23.3. The molecule has 0 heterocycles. The van der Waals surface area contributed by atoms with Crippen LogP contribution in [0.25, 0.3) is 0 Å². The zero-order valence-corrected chi connectivity index (χ0v) is 19.2. The first-order valence-corrected chi connectivity index (χ1v) is 12.3. The molecule has 0 rings (SSSR count). The SMILES string of the molecule is CCCOP(=O)([O-])O[C@@H](C)CCCC[C@@H](C)OP(=O)([O-])OCC[N+](C)(C)C. The predicted molar refractivity (Wildman–Crippen MR) is 99.9 cm³/mol. The van der Waals surface area contributed by atoms with E-state index in [2.05, 4.69) is 4.52 Å². The van der Waals surface area contributed by atoms with Crippen molar-refractivity contribution in [3.05, 3.63) is 0 Å². The van der Waals surface area contributed by atoms with Crippen molar-refractivity contribution in [3.63, 3.8) is 0 Å². The summed E-state index contributed by atoms with van der Waals surface area (Å²) in [6.07, 6.45) is 1.96. The van der Waals surface area contributed by atoms with Gasteiger partial charge in [0.1, 0.15) is 13.2 Å². The molecule has 0 amide bonds.